The zero-order chi connectivity index (χ0) is 13.4. The number of aryl methyl sites for hydroxylation is 1. The second-order valence-electron chi connectivity index (χ2n) is 3.62. The fourth-order valence-corrected chi connectivity index (χ4v) is 1.13. The zero-order valence-corrected chi connectivity index (χ0v) is 10.0. The lowest BCUT2D eigenvalue weighted by molar-refractivity contribution is -0.149. The van der Waals surface area contributed by atoms with Crippen LogP contribution < -0.4 is 10.2 Å². The van der Waals surface area contributed by atoms with Crippen molar-refractivity contribution in [3.63, 3.8) is 0 Å². The van der Waals surface area contributed by atoms with Gasteiger partial charge in [-0.3, -0.25) is 9.63 Å². The number of rotatable bonds is 7. The van der Waals surface area contributed by atoms with E-state index in [0.29, 0.717) is 5.75 Å². The molecule has 2 N–H and O–H groups in total. The molecule has 0 radical (unpaired) electrons. The topological polar surface area (TPSA) is 84.9 Å². The molecule has 0 aliphatic rings. The van der Waals surface area contributed by atoms with Crippen molar-refractivity contribution in [2.75, 3.05) is 13.2 Å². The van der Waals surface area contributed by atoms with Crippen LogP contribution in [0.1, 0.15) is 12.0 Å². The Morgan fingerprint density at radius 2 is 1.94 bits per heavy atom. The summed E-state index contributed by atoms with van der Waals surface area (Å²) in [5, 5.41) is 8.27. The van der Waals surface area contributed by atoms with Gasteiger partial charge in [0, 0.05) is 0 Å². The van der Waals surface area contributed by atoms with Crippen LogP contribution in [0.3, 0.4) is 0 Å². The van der Waals surface area contributed by atoms with Crippen molar-refractivity contribution in [1.29, 1.82) is 0 Å². The molecule has 6 nitrogen and oxygen atoms in total. The third-order valence-electron chi connectivity index (χ3n) is 2.00. The SMILES string of the molecule is Cc1ccc(OCCC(=O)NOCC(=O)O)cc1. The van der Waals surface area contributed by atoms with Crippen LogP contribution in [0.2, 0.25) is 0 Å². The van der Waals surface area contributed by atoms with Crippen molar-refractivity contribution < 1.29 is 24.3 Å². The summed E-state index contributed by atoms with van der Waals surface area (Å²) >= 11 is 0. The third-order valence-corrected chi connectivity index (χ3v) is 2.00. The number of hydrogen-bond acceptors (Lipinski definition) is 4. The maximum atomic E-state index is 11.2. The summed E-state index contributed by atoms with van der Waals surface area (Å²) in [5.74, 6) is -0.894. The molecule has 0 spiro atoms. The highest BCUT2D eigenvalue weighted by molar-refractivity contribution is 5.75. The Labute approximate surface area is 104 Å². The molecule has 0 bridgehead atoms. The van der Waals surface area contributed by atoms with E-state index in [1.807, 2.05) is 36.7 Å². The van der Waals surface area contributed by atoms with Crippen LogP contribution in [0.5, 0.6) is 5.75 Å². The highest BCUT2D eigenvalue weighted by Crippen LogP contribution is 2.11. The first-order valence-electron chi connectivity index (χ1n) is 5.40. The van der Waals surface area contributed by atoms with Crippen LogP contribution in [-0.2, 0) is 14.4 Å². The van der Waals surface area contributed by atoms with Gasteiger partial charge in [0.05, 0.1) is 13.0 Å². The van der Waals surface area contributed by atoms with Crippen molar-refractivity contribution in [2.24, 2.45) is 0 Å². The highest BCUT2D eigenvalue weighted by Gasteiger charge is 2.03. The van der Waals surface area contributed by atoms with Crippen LogP contribution in [0.4, 0.5) is 0 Å². The van der Waals surface area contributed by atoms with Gasteiger partial charge in [-0.15, -0.1) is 0 Å². The number of carboxylic acids is 1. The molecule has 0 saturated carbocycles. The molecule has 1 amide bonds. The zero-order valence-electron chi connectivity index (χ0n) is 10.0. The summed E-state index contributed by atoms with van der Waals surface area (Å²) in [6, 6.07) is 7.44. The number of benzene rings is 1. The lowest BCUT2D eigenvalue weighted by Gasteiger charge is -2.06. The van der Waals surface area contributed by atoms with Crippen LogP contribution in [0.25, 0.3) is 0 Å². The standard InChI is InChI=1S/C12H15NO5/c1-9-2-4-10(5-3-9)17-7-6-11(14)13-18-8-12(15)16/h2-5H,6-8H2,1H3,(H,13,14)(H,15,16). The van der Waals surface area contributed by atoms with E-state index in [2.05, 4.69) is 4.84 Å². The van der Waals surface area contributed by atoms with E-state index in [0.717, 1.165) is 5.56 Å². The van der Waals surface area contributed by atoms with Crippen molar-refractivity contribution in [2.45, 2.75) is 13.3 Å². The summed E-state index contributed by atoms with van der Waals surface area (Å²) in [6.07, 6.45) is 0.0908. The molecule has 0 saturated heterocycles. The van der Waals surface area contributed by atoms with Crippen LogP contribution in [0, 0.1) is 6.92 Å². The molecule has 0 atom stereocenters. The Balaban J connectivity index is 2.15. The summed E-state index contributed by atoms with van der Waals surface area (Å²) in [7, 11) is 0. The maximum absolute atomic E-state index is 11.2. The Bertz CT molecular complexity index is 401. The lowest BCUT2D eigenvalue weighted by atomic mass is 10.2. The number of nitrogens with one attached hydrogen (secondary N) is 1. The Hall–Kier alpha value is -2.08. The maximum Gasteiger partial charge on any atom is 0.332 e. The molecule has 6 heteroatoms. The molecular weight excluding hydrogens is 238 g/mol. The van der Waals surface area contributed by atoms with E-state index >= 15 is 0 Å². The summed E-state index contributed by atoms with van der Waals surface area (Å²) < 4.78 is 5.33. The van der Waals surface area contributed by atoms with Crippen molar-refractivity contribution in [3.8, 4) is 5.75 Å². The molecule has 0 aromatic heterocycles. The number of carboxylic acid groups (broad SMARTS) is 1. The van der Waals surface area contributed by atoms with E-state index in [1.165, 1.54) is 0 Å². The van der Waals surface area contributed by atoms with Crippen LogP contribution in [0.15, 0.2) is 24.3 Å². The van der Waals surface area contributed by atoms with E-state index in [1.54, 1.807) is 0 Å². The number of hydrogen-bond donors (Lipinski definition) is 2. The molecular formula is C12H15NO5. The number of ether oxygens (including phenoxy) is 1. The van der Waals surface area contributed by atoms with Gasteiger partial charge in [-0.25, -0.2) is 10.3 Å². The van der Waals surface area contributed by atoms with Gasteiger partial charge in [-0.1, -0.05) is 17.7 Å². The summed E-state index contributed by atoms with van der Waals surface area (Å²) in [6.45, 7) is 1.60. The van der Waals surface area contributed by atoms with E-state index in [9.17, 15) is 9.59 Å². The second-order valence-corrected chi connectivity index (χ2v) is 3.62. The molecule has 18 heavy (non-hydrogen) atoms. The van der Waals surface area contributed by atoms with Gasteiger partial charge in [-0.05, 0) is 19.1 Å². The molecule has 0 fully saturated rings. The Kier molecular flexibility index (Phi) is 5.66. The molecule has 0 unspecified atom stereocenters. The van der Waals surface area contributed by atoms with Crippen molar-refractivity contribution in [1.82, 2.24) is 5.48 Å². The molecule has 98 valence electrons. The second kappa shape index (κ2) is 7.29. The van der Waals surface area contributed by atoms with Gasteiger partial charge in [-0.2, -0.15) is 0 Å². The lowest BCUT2D eigenvalue weighted by Crippen LogP contribution is -2.27. The van der Waals surface area contributed by atoms with E-state index in [-0.39, 0.29) is 13.0 Å². The fraction of sp³-hybridized carbons (Fsp3) is 0.333. The average Bonchev–Trinajstić information content (AvgIpc) is 2.31. The first-order valence-corrected chi connectivity index (χ1v) is 5.40. The largest absolute Gasteiger partial charge is 0.493 e. The predicted octanol–water partition coefficient (Wildman–Crippen LogP) is 0.896. The molecule has 1 aromatic carbocycles. The van der Waals surface area contributed by atoms with Gasteiger partial charge >= 0.3 is 5.97 Å². The van der Waals surface area contributed by atoms with Crippen LogP contribution >= 0.6 is 0 Å². The number of amides is 1. The van der Waals surface area contributed by atoms with Gasteiger partial charge in [0.1, 0.15) is 5.75 Å². The first kappa shape index (κ1) is 14.0. The number of aliphatic carboxylic acids is 1. The van der Waals surface area contributed by atoms with Gasteiger partial charge in [0.25, 0.3) is 0 Å². The van der Waals surface area contributed by atoms with Crippen molar-refractivity contribution in [3.05, 3.63) is 29.8 Å². The van der Waals surface area contributed by atoms with Gasteiger partial charge < -0.3 is 9.84 Å². The predicted molar refractivity (Wildman–Crippen MR) is 63.0 cm³/mol. The van der Waals surface area contributed by atoms with Gasteiger partial charge in [0.15, 0.2) is 6.61 Å². The summed E-state index contributed by atoms with van der Waals surface area (Å²) in [4.78, 5) is 25.7. The minimum atomic E-state index is -1.15. The molecule has 1 rings (SSSR count). The third kappa shape index (κ3) is 5.86. The van der Waals surface area contributed by atoms with Crippen molar-refractivity contribution >= 4 is 11.9 Å². The Morgan fingerprint density at radius 1 is 1.28 bits per heavy atom. The van der Waals surface area contributed by atoms with E-state index in [4.69, 9.17) is 9.84 Å². The number of hydroxylamine groups is 1. The fourth-order valence-electron chi connectivity index (χ4n) is 1.13. The minimum Gasteiger partial charge on any atom is -0.493 e. The monoisotopic (exact) mass is 253 g/mol. The molecule has 0 aliphatic carbocycles. The molecule has 0 heterocycles. The highest BCUT2D eigenvalue weighted by atomic mass is 16.7. The van der Waals surface area contributed by atoms with Gasteiger partial charge in [0.2, 0.25) is 5.91 Å². The normalized spacial score (nSPS) is 9.83. The Morgan fingerprint density at radius 3 is 2.56 bits per heavy atom. The van der Waals surface area contributed by atoms with E-state index < -0.39 is 18.5 Å². The summed E-state index contributed by atoms with van der Waals surface area (Å²) in [5.41, 5.74) is 3.14. The quantitative estimate of drug-likeness (QED) is 0.705. The smallest absolute Gasteiger partial charge is 0.332 e. The molecule has 0 aliphatic heterocycles. The number of carbonyl (C=O) groups is 2. The number of carbonyl (C=O) groups excluding carboxylic acids is 1. The first-order chi connectivity index (χ1) is 8.58. The van der Waals surface area contributed by atoms with Crippen LogP contribution in [-0.4, -0.2) is 30.2 Å². The average molecular weight is 253 g/mol. The minimum absolute atomic E-state index is 0.0908. The molecule has 1 aromatic rings.